The quantitative estimate of drug-likeness (QED) is 0.153. The van der Waals surface area contributed by atoms with Crippen LogP contribution in [0.4, 0.5) is 33.4 Å². The van der Waals surface area contributed by atoms with E-state index in [2.05, 4.69) is 210 Å². The highest BCUT2D eigenvalue weighted by Crippen LogP contribution is 2.57. The van der Waals surface area contributed by atoms with Crippen LogP contribution in [-0.2, 0) is 0 Å². The van der Waals surface area contributed by atoms with Gasteiger partial charge in [0.05, 0.1) is 38.4 Å². The van der Waals surface area contributed by atoms with Crippen LogP contribution in [0.15, 0.2) is 240 Å². The first-order valence-electron chi connectivity index (χ1n) is 25.0. The van der Waals surface area contributed by atoms with Gasteiger partial charge < -0.3 is 14.5 Å². The van der Waals surface area contributed by atoms with Crippen molar-refractivity contribution in [3.63, 3.8) is 0 Å². The third-order valence-corrected chi connectivity index (χ3v) is 19.1. The van der Waals surface area contributed by atoms with Crippen LogP contribution in [0, 0.1) is 0 Å². The molecule has 5 aliphatic heterocycles. The minimum atomic E-state index is -0.170. The summed E-state index contributed by atoms with van der Waals surface area (Å²) < 4.78 is 7.50. The molecule has 0 spiro atoms. The van der Waals surface area contributed by atoms with E-state index in [0.717, 1.165) is 45.3 Å². The molecule has 2 unspecified atom stereocenters. The molecule has 2 atom stereocenters. The van der Waals surface area contributed by atoms with Crippen molar-refractivity contribution in [1.29, 1.82) is 0 Å². The second-order valence-electron chi connectivity index (χ2n) is 19.2. The summed E-state index contributed by atoms with van der Waals surface area (Å²) in [5.41, 5.74) is 20.7. The maximum Gasteiger partial charge on any atom is 0.253 e. The largest absolute Gasteiger partial charge is 0.476 e. The predicted molar refractivity (Wildman–Crippen MR) is 309 cm³/mol. The topological polar surface area (TPSA) is 54.4 Å². The summed E-state index contributed by atoms with van der Waals surface area (Å²) in [7, 11) is 0. The van der Waals surface area contributed by atoms with Crippen LogP contribution in [0.25, 0.3) is 44.1 Å². The molecule has 0 N–H and O–H groups in total. The summed E-state index contributed by atoms with van der Waals surface area (Å²) in [6, 6.07) is 74.3. The number of thioether (sulfide) groups is 1. The Morgan fingerprint density at radius 3 is 1.77 bits per heavy atom. The van der Waals surface area contributed by atoms with Gasteiger partial charge in [-0.1, -0.05) is 163 Å². The highest BCUT2D eigenvalue weighted by Gasteiger charge is 2.55. The molecular formula is C63H39B2N5OS3. The van der Waals surface area contributed by atoms with Crippen molar-refractivity contribution in [2.45, 2.75) is 25.9 Å². The average molecular weight is 1000 g/mol. The van der Waals surface area contributed by atoms with Crippen LogP contribution in [0.3, 0.4) is 0 Å². The molecule has 0 aliphatic carbocycles. The van der Waals surface area contributed by atoms with E-state index >= 15 is 0 Å². The van der Waals surface area contributed by atoms with Gasteiger partial charge in [0.2, 0.25) is 6.71 Å². The van der Waals surface area contributed by atoms with Crippen LogP contribution >= 0.6 is 34.9 Å². The Balaban J connectivity index is 0.901. The highest BCUT2D eigenvalue weighted by atomic mass is 32.2. The molecule has 0 fully saturated rings. The number of anilines is 6. The van der Waals surface area contributed by atoms with Crippen LogP contribution in [-0.4, -0.2) is 33.8 Å². The molecule has 346 valence electrons. The van der Waals surface area contributed by atoms with E-state index in [1.54, 1.807) is 0 Å². The van der Waals surface area contributed by atoms with Gasteiger partial charge in [0.1, 0.15) is 0 Å². The van der Waals surface area contributed by atoms with Crippen molar-refractivity contribution in [2.24, 2.45) is 0 Å². The van der Waals surface area contributed by atoms with E-state index in [9.17, 15) is 0 Å². The van der Waals surface area contributed by atoms with Crippen LogP contribution in [0.5, 0.6) is 5.75 Å². The third-order valence-electron chi connectivity index (χ3n) is 15.4. The molecule has 0 radical (unpaired) electrons. The first-order valence-corrected chi connectivity index (χ1v) is 27.6. The van der Waals surface area contributed by atoms with Gasteiger partial charge in [0.15, 0.2) is 11.2 Å². The molecule has 0 saturated carbocycles. The predicted octanol–water partition coefficient (Wildman–Crippen LogP) is 12.9. The Morgan fingerprint density at radius 1 is 0.473 bits per heavy atom. The zero-order chi connectivity index (χ0) is 48.4. The van der Waals surface area contributed by atoms with Gasteiger partial charge in [0, 0.05) is 67.3 Å². The Morgan fingerprint density at radius 2 is 1.07 bits per heavy atom. The molecule has 11 heteroatoms. The number of para-hydroxylation sites is 3. The van der Waals surface area contributed by atoms with Gasteiger partial charge in [-0.15, -0.1) is 11.3 Å². The number of nitrogens with zero attached hydrogens (tertiary/aromatic N) is 5. The SMILES string of the molecule is c1ccc(-c2sc3c(c2-c2ccccc2)B2c4cnc5c(c4Sc4cccc(c42)N3c2ccccc2-c2ccccn2)OC2Sc3cccc4c3B(c3ccccc3N4c3ccccc3-c3ccccn3)C52)cc1. The lowest BCUT2D eigenvalue weighted by Gasteiger charge is -2.42. The minimum Gasteiger partial charge on any atom is -0.476 e. The monoisotopic (exact) mass is 999 g/mol. The van der Waals surface area contributed by atoms with Gasteiger partial charge >= 0.3 is 0 Å². The molecule has 5 aliphatic rings. The summed E-state index contributed by atoms with van der Waals surface area (Å²) in [6.45, 7) is -0.108. The van der Waals surface area contributed by atoms with E-state index in [1.165, 1.54) is 85.6 Å². The smallest absolute Gasteiger partial charge is 0.253 e. The number of fused-ring (bicyclic) bond motifs is 11. The van der Waals surface area contributed by atoms with Gasteiger partial charge in [0.25, 0.3) is 6.71 Å². The lowest BCUT2D eigenvalue weighted by molar-refractivity contribution is 0.311. The normalized spacial score (nSPS) is 16.0. The van der Waals surface area contributed by atoms with Crippen molar-refractivity contribution in [3.05, 3.63) is 231 Å². The number of thiophene rings is 1. The Labute approximate surface area is 442 Å². The molecule has 74 heavy (non-hydrogen) atoms. The molecule has 0 saturated heterocycles. The number of rotatable bonds is 6. The summed E-state index contributed by atoms with van der Waals surface area (Å²) in [5, 5.41) is 1.19. The molecular weight excluding hydrogens is 961 g/mol. The van der Waals surface area contributed by atoms with Crippen LogP contribution in [0.1, 0.15) is 11.5 Å². The maximum absolute atomic E-state index is 7.50. The van der Waals surface area contributed by atoms with E-state index in [4.69, 9.17) is 19.7 Å². The molecule has 7 aromatic carbocycles. The van der Waals surface area contributed by atoms with Gasteiger partial charge in [-0.2, -0.15) is 0 Å². The first kappa shape index (κ1) is 42.4. The standard InChI is InChI=1S/C63H39B2N5OS3/c1-3-19-38(20-4-1)53-56-62(74-60(53)39-21-5-2-6-22-39)70(47-29-11-8-24-41(47)45-27-14-16-36-67-45)50-32-18-33-51-55(50)65(56)43-37-68-58-57-63(71-59(58)61(43)72-51)73-52-34-17-31-49-54(52)64(57)42-25-9-12-30-48(42)69(49)46-28-10-7-23-40(46)44-26-13-15-35-66-44/h1-37,57,63H. The third kappa shape index (κ3) is 6.21. The summed E-state index contributed by atoms with van der Waals surface area (Å²) in [5.74, 6) is 0.896. The van der Waals surface area contributed by atoms with Gasteiger partial charge in [-0.05, 0) is 111 Å². The maximum atomic E-state index is 7.50. The second-order valence-corrected chi connectivity index (χ2v) is 22.4. The molecule has 4 aromatic heterocycles. The van der Waals surface area contributed by atoms with Crippen molar-refractivity contribution < 1.29 is 4.74 Å². The summed E-state index contributed by atoms with van der Waals surface area (Å²) in [6.07, 6.45) is 5.99. The highest BCUT2D eigenvalue weighted by molar-refractivity contribution is 8.00. The Hall–Kier alpha value is -8.08. The zero-order valence-electron chi connectivity index (χ0n) is 39.5. The van der Waals surface area contributed by atoms with Crippen LogP contribution in [0.2, 0.25) is 0 Å². The van der Waals surface area contributed by atoms with E-state index < -0.39 is 0 Å². The lowest BCUT2D eigenvalue weighted by atomic mass is 9.31. The van der Waals surface area contributed by atoms with Crippen molar-refractivity contribution >= 4 is 109 Å². The van der Waals surface area contributed by atoms with Crippen molar-refractivity contribution in [2.75, 3.05) is 9.80 Å². The minimum absolute atomic E-state index is 0.0187. The van der Waals surface area contributed by atoms with Gasteiger partial charge in [-0.25, -0.2) is 0 Å². The number of aromatic nitrogens is 3. The second kappa shape index (κ2) is 16.7. The Kier molecular flexibility index (Phi) is 9.59. The number of hydrogen-bond acceptors (Lipinski definition) is 9. The van der Waals surface area contributed by atoms with Crippen molar-refractivity contribution in [1.82, 2.24) is 15.0 Å². The molecule has 0 bridgehead atoms. The molecule has 16 rings (SSSR count). The fourth-order valence-electron chi connectivity index (χ4n) is 12.4. The lowest BCUT2D eigenvalue weighted by Crippen LogP contribution is -2.60. The summed E-state index contributed by atoms with van der Waals surface area (Å²) >= 11 is 5.57. The fraction of sp³-hybridized carbons (Fsp3) is 0.0317. The molecule has 6 nitrogen and oxygen atoms in total. The Bertz CT molecular complexity index is 4070. The number of benzene rings is 7. The van der Waals surface area contributed by atoms with E-state index in [1.807, 2.05) is 59.4 Å². The van der Waals surface area contributed by atoms with Crippen molar-refractivity contribution in [3.8, 4) is 49.8 Å². The number of hydrogen-bond donors (Lipinski definition) is 0. The first-order chi connectivity index (χ1) is 36.8. The molecule has 0 amide bonds. The van der Waals surface area contributed by atoms with E-state index in [0.29, 0.717) is 0 Å². The van der Waals surface area contributed by atoms with Crippen LogP contribution < -0.4 is 41.9 Å². The van der Waals surface area contributed by atoms with E-state index in [-0.39, 0.29) is 24.7 Å². The number of ether oxygens (including phenoxy) is 1. The van der Waals surface area contributed by atoms with Gasteiger partial charge in [-0.3, -0.25) is 15.0 Å². The molecule has 11 aromatic rings. The molecule has 9 heterocycles. The summed E-state index contributed by atoms with van der Waals surface area (Å²) in [4.78, 5) is 25.3. The average Bonchev–Trinajstić information content (AvgIpc) is 4.09. The fourth-order valence-corrected chi connectivity index (χ4v) is 16.4. The zero-order valence-corrected chi connectivity index (χ0v) is 42.0. The number of pyridine rings is 3.